The second kappa shape index (κ2) is 12.3. The molecule has 3 aliphatic rings. The average molecular weight is 655 g/mol. The molecule has 3 aliphatic heterocycles. The number of rotatable bonds is 11. The summed E-state index contributed by atoms with van der Waals surface area (Å²) in [4.78, 5) is 11.6. The first-order valence-electron chi connectivity index (χ1n) is 16.5. The number of ether oxygens (including phenoxy) is 6. The van der Waals surface area contributed by atoms with Crippen LogP contribution < -0.4 is 19.8 Å². The minimum Gasteiger partial charge on any atom is -0.489 e. The van der Waals surface area contributed by atoms with Crippen molar-refractivity contribution in [2.24, 2.45) is 0 Å². The van der Waals surface area contributed by atoms with Gasteiger partial charge in [-0.1, -0.05) is 11.1 Å². The molecule has 0 radical (unpaired) electrons. The van der Waals surface area contributed by atoms with Crippen molar-refractivity contribution in [3.63, 3.8) is 0 Å². The summed E-state index contributed by atoms with van der Waals surface area (Å²) in [6.45, 7) is 13.2. The summed E-state index contributed by atoms with van der Waals surface area (Å²) in [5.74, 6) is 0.539. The quantitative estimate of drug-likeness (QED) is 0.0895. The van der Waals surface area contributed by atoms with Gasteiger partial charge >= 0.3 is 11.6 Å². The van der Waals surface area contributed by atoms with E-state index in [1.807, 2.05) is 56.3 Å². The first kappa shape index (κ1) is 32.2. The summed E-state index contributed by atoms with van der Waals surface area (Å²) >= 11 is 0. The highest BCUT2D eigenvalue weighted by Crippen LogP contribution is 2.48. The van der Waals surface area contributed by atoms with E-state index in [0.29, 0.717) is 41.6 Å². The Balaban J connectivity index is 0.986. The molecule has 5 heterocycles. The third kappa shape index (κ3) is 6.67. The Labute approximate surface area is 279 Å². The Morgan fingerprint density at radius 3 is 2.46 bits per heavy atom. The molecule has 2 saturated heterocycles. The van der Waals surface area contributed by atoms with E-state index in [1.165, 1.54) is 11.6 Å². The number of hydrogen-bond acceptors (Lipinski definition) is 9. The van der Waals surface area contributed by atoms with Gasteiger partial charge in [0.25, 0.3) is 0 Å². The summed E-state index contributed by atoms with van der Waals surface area (Å²) < 4.78 is 48.5. The first-order valence-corrected chi connectivity index (χ1v) is 16.5. The summed E-state index contributed by atoms with van der Waals surface area (Å²) in [6, 6.07) is 12.4. The Bertz CT molecular complexity index is 1990. The number of hydrogen-bond donors (Lipinski definition) is 0. The van der Waals surface area contributed by atoms with Gasteiger partial charge in [0.1, 0.15) is 41.6 Å². The molecule has 2 aromatic carbocycles. The summed E-state index contributed by atoms with van der Waals surface area (Å²) in [5, 5.41) is 1.72. The molecule has 2 aromatic heterocycles. The van der Waals surface area contributed by atoms with E-state index in [1.54, 1.807) is 18.4 Å². The van der Waals surface area contributed by atoms with Gasteiger partial charge < -0.3 is 37.3 Å². The highest BCUT2D eigenvalue weighted by Gasteiger charge is 2.54. The Morgan fingerprint density at radius 2 is 1.65 bits per heavy atom. The molecule has 2 fully saturated rings. The Hall–Kier alpha value is -4.31. The van der Waals surface area contributed by atoms with E-state index >= 15 is 0 Å². The number of benzene rings is 2. The maximum absolute atomic E-state index is 11.6. The van der Waals surface area contributed by atoms with Crippen molar-refractivity contribution in [2.75, 3.05) is 13.2 Å². The van der Waals surface area contributed by atoms with Gasteiger partial charge in [0.15, 0.2) is 0 Å². The SMILES string of the molecule is C/C(=C\COc1ccc2ccc(=O)oc2c1)CCC1OC2(C=Cc3c(cc4occc4c3OC/C=C(\C)CC3OC3(C)C)O2)OC1(C)C. The van der Waals surface area contributed by atoms with E-state index in [2.05, 4.69) is 33.8 Å². The highest BCUT2D eigenvalue weighted by molar-refractivity contribution is 5.91. The monoisotopic (exact) mass is 654 g/mol. The molecular formula is C39H42O9. The van der Waals surface area contributed by atoms with Gasteiger partial charge in [0.05, 0.1) is 40.6 Å². The molecule has 0 N–H and O–H groups in total. The van der Waals surface area contributed by atoms with Gasteiger partial charge in [-0.15, -0.1) is 0 Å². The van der Waals surface area contributed by atoms with Crippen molar-refractivity contribution < 1.29 is 37.3 Å². The molecule has 9 nitrogen and oxygen atoms in total. The van der Waals surface area contributed by atoms with Crippen LogP contribution in [0.2, 0.25) is 0 Å². The average Bonchev–Trinajstić information content (AvgIpc) is 3.30. The maximum Gasteiger partial charge on any atom is 0.350 e. The van der Waals surface area contributed by atoms with Crippen molar-refractivity contribution in [1.82, 2.24) is 0 Å². The minimum absolute atomic E-state index is 0.0415. The fourth-order valence-electron chi connectivity index (χ4n) is 6.30. The molecule has 4 aromatic rings. The molecule has 0 amide bonds. The third-order valence-electron chi connectivity index (χ3n) is 9.31. The zero-order chi connectivity index (χ0) is 33.7. The van der Waals surface area contributed by atoms with Crippen LogP contribution in [0.3, 0.4) is 0 Å². The molecule has 48 heavy (non-hydrogen) atoms. The number of furan rings is 1. The van der Waals surface area contributed by atoms with Crippen LogP contribution in [0.1, 0.15) is 66.4 Å². The van der Waals surface area contributed by atoms with E-state index in [4.69, 9.17) is 37.3 Å². The fourth-order valence-corrected chi connectivity index (χ4v) is 6.30. The summed E-state index contributed by atoms with van der Waals surface area (Å²) in [6.07, 6.45) is 12.0. The van der Waals surface area contributed by atoms with Crippen LogP contribution in [0.5, 0.6) is 17.2 Å². The number of fused-ring (bicyclic) bond motifs is 3. The Kier molecular flexibility index (Phi) is 8.26. The van der Waals surface area contributed by atoms with Crippen molar-refractivity contribution in [1.29, 1.82) is 0 Å². The lowest BCUT2D eigenvalue weighted by Crippen LogP contribution is -2.38. The molecule has 0 aliphatic carbocycles. The lowest BCUT2D eigenvalue weighted by Gasteiger charge is -2.30. The van der Waals surface area contributed by atoms with Crippen LogP contribution in [0.25, 0.3) is 28.0 Å². The molecule has 7 rings (SSSR count). The van der Waals surface area contributed by atoms with E-state index < -0.39 is 11.6 Å². The van der Waals surface area contributed by atoms with Gasteiger partial charge in [-0.2, -0.15) is 0 Å². The molecule has 3 atom stereocenters. The number of epoxide rings is 1. The van der Waals surface area contributed by atoms with Gasteiger partial charge in [-0.05, 0) is 103 Å². The lowest BCUT2D eigenvalue weighted by molar-refractivity contribution is -0.270. The standard InChI is InChI=1S/C39H42O9/c1-24(14-18-41-27-10-8-26-9-12-35(40)44-30(26)22-27)7-11-33-38(5,6)48-39(47-33)17-13-28-32(45-39)23-31-29(16-20-42-31)36(28)43-19-15-25(2)21-34-37(3,4)46-34/h8-10,12-17,20,22-23,33-34H,7,11,18-19,21H2,1-6H3/b24-14+,25-15+. The summed E-state index contributed by atoms with van der Waals surface area (Å²) in [7, 11) is 0. The van der Waals surface area contributed by atoms with Crippen LogP contribution in [-0.4, -0.2) is 42.6 Å². The van der Waals surface area contributed by atoms with Gasteiger partial charge in [-0.25, -0.2) is 4.79 Å². The third-order valence-corrected chi connectivity index (χ3v) is 9.31. The zero-order valence-corrected chi connectivity index (χ0v) is 28.3. The molecule has 252 valence electrons. The van der Waals surface area contributed by atoms with Crippen LogP contribution in [0.15, 0.2) is 91.7 Å². The normalized spacial score (nSPS) is 24.2. The van der Waals surface area contributed by atoms with E-state index in [0.717, 1.165) is 41.2 Å². The maximum atomic E-state index is 11.6. The number of allylic oxidation sites excluding steroid dienone is 1. The second-order valence-electron chi connectivity index (χ2n) is 13.9. The van der Waals surface area contributed by atoms with Crippen molar-refractivity contribution in [2.45, 2.75) is 90.2 Å². The van der Waals surface area contributed by atoms with Crippen molar-refractivity contribution in [3.8, 4) is 17.2 Å². The predicted octanol–water partition coefficient (Wildman–Crippen LogP) is 8.49. The summed E-state index contributed by atoms with van der Waals surface area (Å²) in [5.41, 5.74) is 3.33. The van der Waals surface area contributed by atoms with Crippen LogP contribution in [0, 0.1) is 0 Å². The largest absolute Gasteiger partial charge is 0.489 e. The van der Waals surface area contributed by atoms with E-state index in [-0.39, 0.29) is 23.4 Å². The molecule has 0 bridgehead atoms. The second-order valence-corrected chi connectivity index (χ2v) is 13.9. The molecule has 0 saturated carbocycles. The Morgan fingerprint density at radius 1 is 0.875 bits per heavy atom. The first-order chi connectivity index (χ1) is 22.9. The smallest absolute Gasteiger partial charge is 0.350 e. The zero-order valence-electron chi connectivity index (χ0n) is 28.3. The van der Waals surface area contributed by atoms with Crippen LogP contribution in [0.4, 0.5) is 0 Å². The minimum atomic E-state index is -1.36. The lowest BCUT2D eigenvalue weighted by atomic mass is 9.96. The van der Waals surface area contributed by atoms with Gasteiger partial charge in [-0.3, -0.25) is 0 Å². The topological polar surface area (TPSA) is 102 Å². The van der Waals surface area contributed by atoms with E-state index in [9.17, 15) is 4.79 Å². The molecular weight excluding hydrogens is 612 g/mol. The van der Waals surface area contributed by atoms with Crippen molar-refractivity contribution in [3.05, 3.63) is 94.1 Å². The van der Waals surface area contributed by atoms with Crippen molar-refractivity contribution >= 4 is 28.0 Å². The van der Waals surface area contributed by atoms with Gasteiger partial charge in [0, 0.05) is 29.7 Å². The fraction of sp³-hybridized carbons (Fsp3) is 0.410. The van der Waals surface area contributed by atoms with Crippen LogP contribution >= 0.6 is 0 Å². The highest BCUT2D eigenvalue weighted by atomic mass is 16.9. The predicted molar refractivity (Wildman–Crippen MR) is 182 cm³/mol. The molecule has 1 spiro atoms. The van der Waals surface area contributed by atoms with Gasteiger partial charge in [0.2, 0.25) is 0 Å². The molecule has 9 heteroatoms. The van der Waals surface area contributed by atoms with Crippen LogP contribution in [-0.2, 0) is 14.2 Å². The molecule has 3 unspecified atom stereocenters.